The van der Waals surface area contributed by atoms with Crippen molar-refractivity contribution in [3.8, 4) is 12.3 Å². The number of rotatable bonds is 4. The number of hydrogen-bond donors (Lipinski definition) is 1. The molecule has 1 rings (SSSR count). The van der Waals surface area contributed by atoms with Crippen molar-refractivity contribution in [1.82, 2.24) is 10.2 Å². The van der Waals surface area contributed by atoms with Gasteiger partial charge in [-0.15, -0.1) is 6.42 Å². The number of nitrogens with one attached hydrogen (secondary N) is 1. The van der Waals surface area contributed by atoms with E-state index >= 15 is 0 Å². The first-order chi connectivity index (χ1) is 7.64. The van der Waals surface area contributed by atoms with Crippen LogP contribution in [0.2, 0.25) is 0 Å². The number of carbonyl (C=O) groups is 1. The van der Waals surface area contributed by atoms with Gasteiger partial charge < -0.3 is 10.2 Å². The van der Waals surface area contributed by atoms with Crippen LogP contribution in [0.4, 0.5) is 0 Å². The molecule has 1 unspecified atom stereocenters. The first kappa shape index (κ1) is 13.1. The number of amides is 1. The zero-order valence-electron chi connectivity index (χ0n) is 10.4. The van der Waals surface area contributed by atoms with Crippen molar-refractivity contribution in [2.45, 2.75) is 45.1 Å². The molecule has 0 aliphatic carbocycles. The van der Waals surface area contributed by atoms with Crippen molar-refractivity contribution in [2.75, 3.05) is 19.6 Å². The van der Waals surface area contributed by atoms with E-state index in [1.54, 1.807) is 4.90 Å². The highest BCUT2D eigenvalue weighted by Gasteiger charge is 2.36. The third kappa shape index (κ3) is 2.99. The van der Waals surface area contributed by atoms with Crippen molar-refractivity contribution in [3.05, 3.63) is 0 Å². The van der Waals surface area contributed by atoms with Crippen LogP contribution in [-0.2, 0) is 4.79 Å². The van der Waals surface area contributed by atoms with Crippen LogP contribution in [0.25, 0.3) is 0 Å². The predicted octanol–water partition coefficient (Wildman–Crippen LogP) is 1.39. The van der Waals surface area contributed by atoms with Gasteiger partial charge in [0.2, 0.25) is 5.91 Å². The maximum Gasteiger partial charge on any atom is 0.243 e. The van der Waals surface area contributed by atoms with E-state index in [9.17, 15) is 4.79 Å². The first-order valence-corrected chi connectivity index (χ1v) is 6.12. The van der Waals surface area contributed by atoms with Crippen molar-refractivity contribution < 1.29 is 4.79 Å². The molecule has 1 N–H and O–H groups in total. The number of carbonyl (C=O) groups excluding carboxylic acids is 1. The lowest BCUT2D eigenvalue weighted by molar-refractivity contribution is -0.138. The molecule has 1 saturated heterocycles. The van der Waals surface area contributed by atoms with Crippen LogP contribution in [0, 0.1) is 12.3 Å². The molecule has 0 spiro atoms. The summed E-state index contributed by atoms with van der Waals surface area (Å²) in [6, 6.07) is 0. The minimum absolute atomic E-state index is 0.159. The molecular formula is C13H22N2O. The molecule has 3 nitrogen and oxygen atoms in total. The topological polar surface area (TPSA) is 32.3 Å². The Morgan fingerprint density at radius 2 is 2.31 bits per heavy atom. The van der Waals surface area contributed by atoms with Crippen LogP contribution in [0.15, 0.2) is 0 Å². The average Bonchev–Trinajstić information content (AvgIpc) is 2.29. The molecule has 90 valence electrons. The zero-order valence-corrected chi connectivity index (χ0v) is 10.4. The molecule has 1 atom stereocenters. The second-order valence-corrected chi connectivity index (χ2v) is 4.65. The van der Waals surface area contributed by atoms with Crippen LogP contribution in [0.3, 0.4) is 0 Å². The Hall–Kier alpha value is -1.01. The lowest BCUT2D eigenvalue weighted by Gasteiger charge is -2.37. The van der Waals surface area contributed by atoms with E-state index in [0.717, 1.165) is 38.8 Å². The lowest BCUT2D eigenvalue weighted by atomic mass is 9.89. The van der Waals surface area contributed by atoms with Crippen LogP contribution < -0.4 is 5.32 Å². The number of terminal acetylenes is 1. The Kier molecular flexibility index (Phi) is 4.82. The lowest BCUT2D eigenvalue weighted by Crippen LogP contribution is -2.58. The maximum absolute atomic E-state index is 12.4. The van der Waals surface area contributed by atoms with Gasteiger partial charge >= 0.3 is 0 Å². The zero-order chi connectivity index (χ0) is 12.0. The number of hydrogen-bond acceptors (Lipinski definition) is 2. The molecule has 1 amide bonds. The highest BCUT2D eigenvalue weighted by atomic mass is 16.2. The van der Waals surface area contributed by atoms with Crippen molar-refractivity contribution in [2.24, 2.45) is 0 Å². The van der Waals surface area contributed by atoms with E-state index in [-0.39, 0.29) is 5.91 Å². The molecule has 1 aliphatic heterocycles. The van der Waals surface area contributed by atoms with Crippen molar-refractivity contribution >= 4 is 5.91 Å². The van der Waals surface area contributed by atoms with Crippen LogP contribution in [-0.4, -0.2) is 36.0 Å². The fourth-order valence-electron chi connectivity index (χ4n) is 2.22. The Labute approximate surface area is 98.6 Å². The van der Waals surface area contributed by atoms with Gasteiger partial charge in [0, 0.05) is 6.54 Å². The summed E-state index contributed by atoms with van der Waals surface area (Å²) in [6.07, 6.45) is 9.44. The summed E-state index contributed by atoms with van der Waals surface area (Å²) >= 11 is 0. The largest absolute Gasteiger partial charge is 0.330 e. The van der Waals surface area contributed by atoms with Crippen molar-refractivity contribution in [1.29, 1.82) is 0 Å². The van der Waals surface area contributed by atoms with Gasteiger partial charge in [-0.3, -0.25) is 4.79 Å². The van der Waals surface area contributed by atoms with Crippen LogP contribution in [0.1, 0.15) is 39.5 Å². The summed E-state index contributed by atoms with van der Waals surface area (Å²) < 4.78 is 0. The minimum atomic E-state index is -0.399. The summed E-state index contributed by atoms with van der Waals surface area (Å²) in [5.41, 5.74) is -0.399. The molecule has 0 saturated carbocycles. The molecule has 1 heterocycles. The summed E-state index contributed by atoms with van der Waals surface area (Å²) in [6.45, 7) is 6.16. The second-order valence-electron chi connectivity index (χ2n) is 4.65. The summed E-state index contributed by atoms with van der Waals surface area (Å²) in [4.78, 5) is 14.2. The van der Waals surface area contributed by atoms with E-state index < -0.39 is 5.54 Å². The molecule has 0 radical (unpaired) electrons. The molecule has 0 aromatic heterocycles. The Morgan fingerprint density at radius 3 is 2.81 bits per heavy atom. The van der Waals surface area contributed by atoms with Gasteiger partial charge in [-0.2, -0.15) is 0 Å². The van der Waals surface area contributed by atoms with E-state index in [1.807, 2.05) is 6.92 Å². The van der Waals surface area contributed by atoms with E-state index in [4.69, 9.17) is 6.42 Å². The van der Waals surface area contributed by atoms with Gasteiger partial charge in [0.05, 0.1) is 12.1 Å². The standard InChI is InChI=1S/C13H22N2O/c1-4-10-15(11-5-2)12(16)13(3)8-6-7-9-14-13/h1,14H,5-11H2,2-3H3. The van der Waals surface area contributed by atoms with Gasteiger partial charge in [0.1, 0.15) is 0 Å². The third-order valence-electron chi connectivity index (χ3n) is 3.15. The van der Waals surface area contributed by atoms with E-state index in [1.165, 1.54) is 0 Å². The molecule has 3 heteroatoms. The van der Waals surface area contributed by atoms with Crippen molar-refractivity contribution in [3.63, 3.8) is 0 Å². The summed E-state index contributed by atoms with van der Waals surface area (Å²) in [5, 5.41) is 3.33. The van der Waals surface area contributed by atoms with Gasteiger partial charge in [-0.25, -0.2) is 0 Å². The Bertz CT molecular complexity index is 274. The van der Waals surface area contributed by atoms with Gasteiger partial charge in [-0.1, -0.05) is 12.8 Å². The Morgan fingerprint density at radius 1 is 1.56 bits per heavy atom. The van der Waals surface area contributed by atoms with Crippen LogP contribution in [0.5, 0.6) is 0 Å². The number of piperidine rings is 1. The smallest absolute Gasteiger partial charge is 0.243 e. The SMILES string of the molecule is C#CCN(CCC)C(=O)C1(C)CCCCN1. The molecule has 1 fully saturated rings. The Balaban J connectivity index is 2.68. The quantitative estimate of drug-likeness (QED) is 0.729. The molecular weight excluding hydrogens is 200 g/mol. The second kappa shape index (κ2) is 5.91. The monoisotopic (exact) mass is 222 g/mol. The fraction of sp³-hybridized carbons (Fsp3) is 0.769. The van der Waals surface area contributed by atoms with E-state index in [0.29, 0.717) is 6.54 Å². The summed E-state index contributed by atoms with van der Waals surface area (Å²) in [7, 11) is 0. The van der Waals surface area contributed by atoms with Crippen LogP contribution >= 0.6 is 0 Å². The highest BCUT2D eigenvalue weighted by Crippen LogP contribution is 2.21. The molecule has 16 heavy (non-hydrogen) atoms. The van der Waals surface area contributed by atoms with E-state index in [2.05, 4.69) is 18.2 Å². The first-order valence-electron chi connectivity index (χ1n) is 6.12. The normalized spacial score (nSPS) is 24.8. The number of nitrogens with zero attached hydrogens (tertiary/aromatic N) is 1. The van der Waals surface area contributed by atoms with Gasteiger partial charge in [0.25, 0.3) is 0 Å². The maximum atomic E-state index is 12.4. The predicted molar refractivity (Wildman–Crippen MR) is 66.0 cm³/mol. The highest BCUT2D eigenvalue weighted by molar-refractivity contribution is 5.86. The van der Waals surface area contributed by atoms with Gasteiger partial charge in [-0.05, 0) is 39.2 Å². The minimum Gasteiger partial charge on any atom is -0.330 e. The molecule has 1 aliphatic rings. The molecule has 0 aromatic carbocycles. The molecule has 0 aromatic rings. The fourth-order valence-corrected chi connectivity index (χ4v) is 2.22. The van der Waals surface area contributed by atoms with Gasteiger partial charge in [0.15, 0.2) is 0 Å². The summed E-state index contributed by atoms with van der Waals surface area (Å²) in [5.74, 6) is 2.73. The third-order valence-corrected chi connectivity index (χ3v) is 3.15. The molecule has 0 bridgehead atoms. The average molecular weight is 222 g/mol.